The number of hydrogen-bond acceptors (Lipinski definition) is 2. The van der Waals surface area contributed by atoms with E-state index in [4.69, 9.17) is 0 Å². The number of halogens is 3. The SMILES string of the molecule is Brc1ccc2c3ccc(-c4ccc5sc6ccccc6c5c4)cc3n(-c3ccccc3)c2c1.C=C(/C=C\C1=CCc2cc(Br)ccc21)c1ccc2sc3ccccc3c2c1.Ic1ccccc1. The highest BCUT2D eigenvalue weighted by atomic mass is 127. The van der Waals surface area contributed by atoms with Gasteiger partial charge in [0.15, 0.2) is 0 Å². The van der Waals surface area contributed by atoms with Crippen molar-refractivity contribution in [3.63, 3.8) is 0 Å². The Morgan fingerprint density at radius 3 is 1.76 bits per heavy atom. The van der Waals surface area contributed by atoms with Crippen molar-refractivity contribution in [2.75, 3.05) is 0 Å². The third-order valence-corrected chi connectivity index (χ3v) is 16.3. The van der Waals surface area contributed by atoms with Gasteiger partial charge in [-0.1, -0.05) is 166 Å². The summed E-state index contributed by atoms with van der Waals surface area (Å²) < 4.78 is 11.2. The van der Waals surface area contributed by atoms with Crippen molar-refractivity contribution >= 4 is 150 Å². The normalized spacial score (nSPS) is 12.1. The molecule has 0 N–H and O–H groups in total. The van der Waals surface area contributed by atoms with Crippen molar-refractivity contribution in [2.24, 2.45) is 0 Å². The lowest BCUT2D eigenvalue weighted by Crippen LogP contribution is -1.93. The van der Waals surface area contributed by atoms with Crippen LogP contribution in [-0.2, 0) is 6.42 Å². The first-order chi connectivity index (χ1) is 32.8. The van der Waals surface area contributed by atoms with Gasteiger partial charge in [0, 0.05) is 69.3 Å². The molecule has 0 bridgehead atoms. The second-order valence-corrected chi connectivity index (χ2v) is 21.7. The highest BCUT2D eigenvalue weighted by Crippen LogP contribution is 2.40. The maximum Gasteiger partial charge on any atom is 0.0552 e. The highest BCUT2D eigenvalue weighted by Gasteiger charge is 2.16. The van der Waals surface area contributed by atoms with Crippen LogP contribution in [0.2, 0.25) is 0 Å². The summed E-state index contributed by atoms with van der Waals surface area (Å²) in [6.07, 6.45) is 7.61. The Balaban J connectivity index is 0.000000131. The molecule has 1 aliphatic carbocycles. The van der Waals surface area contributed by atoms with Crippen LogP contribution in [0, 0.1) is 3.57 Å². The van der Waals surface area contributed by atoms with Gasteiger partial charge < -0.3 is 4.57 Å². The van der Waals surface area contributed by atoms with E-state index >= 15 is 0 Å². The molecule has 9 aromatic carbocycles. The lowest BCUT2D eigenvalue weighted by molar-refractivity contribution is 1.18. The molecular weight excluding hydrogens is 1100 g/mol. The first-order valence-electron chi connectivity index (χ1n) is 22.0. The van der Waals surface area contributed by atoms with Crippen molar-refractivity contribution in [1.29, 1.82) is 0 Å². The Hall–Kier alpha value is -5.87. The Kier molecular flexibility index (Phi) is 12.4. The first-order valence-corrected chi connectivity index (χ1v) is 26.3. The van der Waals surface area contributed by atoms with Crippen LogP contribution in [0.25, 0.3) is 90.1 Å². The van der Waals surface area contributed by atoms with Crippen LogP contribution < -0.4 is 0 Å². The van der Waals surface area contributed by atoms with E-state index in [-0.39, 0.29) is 0 Å². The third-order valence-electron chi connectivity index (χ3n) is 12.3. The van der Waals surface area contributed by atoms with Crippen LogP contribution in [0.1, 0.15) is 16.7 Å². The lowest BCUT2D eigenvalue weighted by Gasteiger charge is -2.09. The number of nitrogens with zero attached hydrogens (tertiary/aromatic N) is 1. The van der Waals surface area contributed by atoms with Crippen molar-refractivity contribution in [1.82, 2.24) is 4.57 Å². The van der Waals surface area contributed by atoms with Crippen LogP contribution in [0.15, 0.2) is 234 Å². The molecule has 0 atom stereocenters. The molecule has 0 unspecified atom stereocenters. The second kappa shape index (κ2) is 19.0. The molecule has 0 spiro atoms. The Labute approximate surface area is 428 Å². The summed E-state index contributed by atoms with van der Waals surface area (Å²) in [5.74, 6) is 0. The number of benzene rings is 9. The molecule has 0 saturated heterocycles. The quantitative estimate of drug-likeness (QED) is 0.120. The molecule has 6 heteroatoms. The molecule has 12 aromatic rings. The summed E-state index contributed by atoms with van der Waals surface area (Å²) in [5.41, 5.74) is 12.3. The molecule has 0 fully saturated rings. The third kappa shape index (κ3) is 8.90. The fraction of sp³-hybridized carbons (Fsp3) is 0.0164. The molecule has 3 aromatic heterocycles. The first kappa shape index (κ1) is 43.7. The zero-order valence-corrected chi connectivity index (χ0v) is 43.1. The average Bonchev–Trinajstić information content (AvgIpc) is 4.13. The summed E-state index contributed by atoms with van der Waals surface area (Å²) in [7, 11) is 0. The van der Waals surface area contributed by atoms with Crippen molar-refractivity contribution in [3.8, 4) is 16.8 Å². The fourth-order valence-electron chi connectivity index (χ4n) is 9.06. The van der Waals surface area contributed by atoms with E-state index < -0.39 is 0 Å². The van der Waals surface area contributed by atoms with Crippen LogP contribution in [0.4, 0.5) is 0 Å². The van der Waals surface area contributed by atoms with E-state index in [9.17, 15) is 0 Å². The van der Waals surface area contributed by atoms with Gasteiger partial charge in [-0.05, 0) is 159 Å². The number of para-hydroxylation sites is 1. The maximum atomic E-state index is 4.31. The van der Waals surface area contributed by atoms with Crippen LogP contribution >= 0.6 is 77.1 Å². The predicted octanol–water partition coefficient (Wildman–Crippen LogP) is 19.9. The number of allylic oxidation sites excluding steroid dienone is 5. The zero-order valence-electron chi connectivity index (χ0n) is 36.1. The number of hydrogen-bond donors (Lipinski definition) is 0. The highest BCUT2D eigenvalue weighted by molar-refractivity contribution is 14.1. The zero-order chi connectivity index (χ0) is 45.4. The number of rotatable bonds is 5. The molecule has 0 aliphatic heterocycles. The molecule has 13 rings (SSSR count). The van der Waals surface area contributed by atoms with Gasteiger partial charge in [0.25, 0.3) is 0 Å². The minimum Gasteiger partial charge on any atom is -0.309 e. The minimum atomic E-state index is 0.994. The van der Waals surface area contributed by atoms with Crippen molar-refractivity contribution in [2.45, 2.75) is 6.42 Å². The van der Waals surface area contributed by atoms with Gasteiger partial charge in [-0.2, -0.15) is 0 Å². The van der Waals surface area contributed by atoms with Crippen LogP contribution in [0.3, 0.4) is 0 Å². The van der Waals surface area contributed by atoms with Crippen LogP contribution in [0.5, 0.6) is 0 Å². The molecule has 0 radical (unpaired) electrons. The largest absolute Gasteiger partial charge is 0.309 e. The Morgan fingerprint density at radius 2 is 1.06 bits per heavy atom. The Bertz CT molecular complexity index is 3890. The fourth-order valence-corrected chi connectivity index (χ4v) is 12.4. The topological polar surface area (TPSA) is 4.93 Å². The van der Waals surface area contributed by atoms with Gasteiger partial charge in [0.2, 0.25) is 0 Å². The number of aromatic nitrogens is 1. The van der Waals surface area contributed by atoms with E-state index in [1.165, 1.54) is 105 Å². The van der Waals surface area contributed by atoms with E-state index in [0.717, 1.165) is 20.9 Å². The van der Waals surface area contributed by atoms with Crippen molar-refractivity contribution in [3.05, 3.63) is 254 Å². The molecule has 0 amide bonds. The van der Waals surface area contributed by atoms with Gasteiger partial charge in [-0.3, -0.25) is 0 Å². The summed E-state index contributed by atoms with van der Waals surface area (Å²) in [4.78, 5) is 0. The van der Waals surface area contributed by atoms with Gasteiger partial charge in [0.1, 0.15) is 0 Å². The van der Waals surface area contributed by atoms with Crippen LogP contribution in [-0.4, -0.2) is 4.57 Å². The molecule has 1 aliphatic rings. The van der Waals surface area contributed by atoms with E-state index in [1.807, 2.05) is 40.9 Å². The molecule has 1 nitrogen and oxygen atoms in total. The summed E-state index contributed by atoms with van der Waals surface area (Å²) >= 11 is 13.2. The molecular formula is C61H40Br2INS2. The summed E-state index contributed by atoms with van der Waals surface area (Å²) in [6.45, 7) is 4.31. The maximum absolute atomic E-state index is 4.31. The second-order valence-electron chi connectivity index (χ2n) is 16.5. The smallest absolute Gasteiger partial charge is 0.0552 e. The monoisotopic (exact) mass is 1140 g/mol. The molecule has 3 heterocycles. The van der Waals surface area contributed by atoms with Gasteiger partial charge in [-0.15, -0.1) is 22.7 Å². The van der Waals surface area contributed by atoms with Gasteiger partial charge in [0.05, 0.1) is 11.0 Å². The van der Waals surface area contributed by atoms with Gasteiger partial charge in [-0.25, -0.2) is 0 Å². The van der Waals surface area contributed by atoms with Gasteiger partial charge >= 0.3 is 0 Å². The standard InChI is InChI=1S/C30H18BrNS.C25H17BrS.C6H5I/c31-21-12-14-24-23-13-10-20(17-27(23)32(28(24)18-21)22-6-2-1-3-7-22)19-11-15-30-26(16-19)25-8-4-5-9-29(25)33-30;1-16(6-7-17-8-9-19-14-20(26)11-12-21(17)19)18-10-13-25-23(15-18)22-4-2-3-5-24(22)27-25;7-6-4-2-1-3-5-6/h1-18H;2-8,10-15H,1,9H2;1-5H/b;7-6-;. The summed E-state index contributed by atoms with van der Waals surface area (Å²) in [6, 6.07) is 71.6. The van der Waals surface area contributed by atoms with E-state index in [2.05, 4.69) is 266 Å². The number of fused-ring (bicyclic) bond motifs is 10. The van der Waals surface area contributed by atoms with E-state index in [1.54, 1.807) is 0 Å². The summed E-state index contributed by atoms with van der Waals surface area (Å²) in [5, 5.41) is 7.85. The molecule has 0 saturated carbocycles. The minimum absolute atomic E-state index is 0.994. The van der Waals surface area contributed by atoms with Crippen molar-refractivity contribution < 1.29 is 0 Å². The van der Waals surface area contributed by atoms with E-state index in [0.29, 0.717) is 0 Å². The molecule has 322 valence electrons. The molecule has 67 heavy (non-hydrogen) atoms. The predicted molar refractivity (Wildman–Crippen MR) is 309 cm³/mol. The average molecular weight is 1140 g/mol. The lowest BCUT2D eigenvalue weighted by atomic mass is 10.0. The Morgan fingerprint density at radius 1 is 0.507 bits per heavy atom. The number of thiophene rings is 2.